The Labute approximate surface area is 170 Å². The number of aromatic nitrogens is 1. The summed E-state index contributed by atoms with van der Waals surface area (Å²) in [5.41, 5.74) is 2.94. The van der Waals surface area contributed by atoms with Crippen LogP contribution in [0.4, 0.5) is 5.69 Å². The second kappa shape index (κ2) is 7.86. The molecule has 0 bridgehead atoms. The predicted octanol–water partition coefficient (Wildman–Crippen LogP) is 5.58. The van der Waals surface area contributed by atoms with Gasteiger partial charge in [0.2, 0.25) is 5.76 Å². The highest BCUT2D eigenvalue weighted by Crippen LogP contribution is 2.26. The Morgan fingerprint density at radius 3 is 2.75 bits per heavy atom. The number of rotatable bonds is 5. The smallest absolute Gasteiger partial charge is 0.373 e. The highest BCUT2D eigenvalue weighted by molar-refractivity contribution is 9.10. The Morgan fingerprint density at radius 2 is 1.93 bits per heavy atom. The van der Waals surface area contributed by atoms with E-state index in [0.717, 1.165) is 26.6 Å². The molecule has 2 heterocycles. The lowest BCUT2D eigenvalue weighted by atomic mass is 10.2. The molecule has 0 N–H and O–H groups in total. The summed E-state index contributed by atoms with van der Waals surface area (Å²) in [6.45, 7) is 0.500. The van der Waals surface area contributed by atoms with E-state index in [-0.39, 0.29) is 5.76 Å². The summed E-state index contributed by atoms with van der Waals surface area (Å²) in [6, 6.07) is 19.4. The van der Waals surface area contributed by atoms with Gasteiger partial charge in [0.15, 0.2) is 0 Å². The van der Waals surface area contributed by atoms with E-state index in [1.54, 1.807) is 12.1 Å². The standard InChI is InChI=1S/C22H17BrN2O3/c1-27-22(26)21-11-10-16(28-21)14-25-13-15(17-6-2-5-9-20(17)25)12-24-19-8-4-3-7-18(19)23/h2-13H,14H2,1H3. The molecule has 0 saturated carbocycles. The normalized spacial score (nSPS) is 11.4. The van der Waals surface area contributed by atoms with Gasteiger partial charge in [0, 0.05) is 33.4 Å². The van der Waals surface area contributed by atoms with Crippen molar-refractivity contribution in [3.8, 4) is 0 Å². The summed E-state index contributed by atoms with van der Waals surface area (Å²) < 4.78 is 13.3. The Morgan fingerprint density at radius 1 is 1.14 bits per heavy atom. The highest BCUT2D eigenvalue weighted by Gasteiger charge is 2.13. The maximum Gasteiger partial charge on any atom is 0.373 e. The Bertz CT molecular complexity index is 1170. The number of methoxy groups -OCH3 is 1. The van der Waals surface area contributed by atoms with Gasteiger partial charge in [-0.05, 0) is 46.3 Å². The van der Waals surface area contributed by atoms with E-state index in [0.29, 0.717) is 12.3 Å². The van der Waals surface area contributed by atoms with Crippen LogP contribution in [0.5, 0.6) is 0 Å². The molecule has 0 fully saturated rings. The topological polar surface area (TPSA) is 56.7 Å². The molecule has 0 aliphatic heterocycles. The van der Waals surface area contributed by atoms with E-state index in [9.17, 15) is 4.79 Å². The number of esters is 1. The molecule has 4 aromatic rings. The number of aliphatic imine (C=N–C) groups is 1. The molecule has 0 atom stereocenters. The minimum absolute atomic E-state index is 0.199. The number of ether oxygens (including phenoxy) is 1. The number of fused-ring (bicyclic) bond motifs is 1. The minimum atomic E-state index is -0.482. The Balaban J connectivity index is 1.68. The number of nitrogens with zero attached hydrogens (tertiary/aromatic N) is 2. The van der Waals surface area contributed by atoms with Gasteiger partial charge in [0.25, 0.3) is 0 Å². The van der Waals surface area contributed by atoms with Gasteiger partial charge in [-0.1, -0.05) is 30.3 Å². The van der Waals surface area contributed by atoms with Crippen molar-refractivity contribution in [2.45, 2.75) is 6.54 Å². The van der Waals surface area contributed by atoms with Crippen LogP contribution in [0.15, 0.2) is 80.7 Å². The quantitative estimate of drug-likeness (QED) is 0.303. The fourth-order valence-electron chi connectivity index (χ4n) is 3.05. The van der Waals surface area contributed by atoms with Crippen molar-refractivity contribution in [1.82, 2.24) is 4.57 Å². The van der Waals surface area contributed by atoms with E-state index in [4.69, 9.17) is 9.15 Å². The van der Waals surface area contributed by atoms with Crippen molar-refractivity contribution < 1.29 is 13.9 Å². The summed E-state index contributed by atoms with van der Waals surface area (Å²) in [6.07, 6.45) is 3.90. The molecule has 0 spiro atoms. The first-order valence-corrected chi connectivity index (χ1v) is 9.48. The van der Waals surface area contributed by atoms with Gasteiger partial charge in [-0.3, -0.25) is 4.99 Å². The first kappa shape index (κ1) is 18.3. The monoisotopic (exact) mass is 436 g/mol. The number of para-hydroxylation sites is 2. The van der Waals surface area contributed by atoms with Crippen LogP contribution in [-0.4, -0.2) is 23.9 Å². The van der Waals surface area contributed by atoms with Crippen LogP contribution in [0.2, 0.25) is 0 Å². The maximum absolute atomic E-state index is 11.6. The van der Waals surface area contributed by atoms with Crippen LogP contribution in [0.3, 0.4) is 0 Å². The van der Waals surface area contributed by atoms with E-state index in [2.05, 4.69) is 37.6 Å². The second-order valence-corrected chi connectivity index (χ2v) is 7.05. The molecule has 0 aliphatic rings. The third-order valence-corrected chi connectivity index (χ3v) is 5.06. The number of carbonyl (C=O) groups excluding carboxylic acids is 1. The van der Waals surface area contributed by atoms with Crippen LogP contribution >= 0.6 is 15.9 Å². The number of halogens is 1. The van der Waals surface area contributed by atoms with Gasteiger partial charge in [0.1, 0.15) is 5.76 Å². The number of benzene rings is 2. The van der Waals surface area contributed by atoms with Gasteiger partial charge in [-0.25, -0.2) is 4.79 Å². The molecule has 0 radical (unpaired) electrons. The largest absolute Gasteiger partial charge is 0.463 e. The zero-order valence-corrected chi connectivity index (χ0v) is 16.7. The molecule has 0 unspecified atom stereocenters. The lowest BCUT2D eigenvalue weighted by Gasteiger charge is -2.02. The number of hydrogen-bond donors (Lipinski definition) is 0. The SMILES string of the molecule is COC(=O)c1ccc(Cn2cc(C=Nc3ccccc3Br)c3ccccc32)o1. The zero-order valence-electron chi connectivity index (χ0n) is 15.1. The molecule has 0 aliphatic carbocycles. The third-order valence-electron chi connectivity index (χ3n) is 4.39. The van der Waals surface area contributed by atoms with Crippen molar-refractivity contribution in [3.63, 3.8) is 0 Å². The fraction of sp³-hybridized carbons (Fsp3) is 0.0909. The van der Waals surface area contributed by atoms with Crippen LogP contribution in [0.25, 0.3) is 10.9 Å². The van der Waals surface area contributed by atoms with E-state index in [1.807, 2.05) is 48.8 Å². The fourth-order valence-corrected chi connectivity index (χ4v) is 3.43. The molecule has 140 valence electrons. The summed E-state index contributed by atoms with van der Waals surface area (Å²) in [5.74, 6) is 0.394. The Hall–Kier alpha value is -3.12. The first-order valence-electron chi connectivity index (χ1n) is 8.69. The maximum atomic E-state index is 11.6. The second-order valence-electron chi connectivity index (χ2n) is 6.20. The lowest BCUT2D eigenvalue weighted by Crippen LogP contribution is -1.99. The van der Waals surface area contributed by atoms with Crippen LogP contribution in [-0.2, 0) is 11.3 Å². The van der Waals surface area contributed by atoms with Crippen molar-refractivity contribution in [2.75, 3.05) is 7.11 Å². The lowest BCUT2D eigenvalue weighted by molar-refractivity contribution is 0.0563. The summed E-state index contributed by atoms with van der Waals surface area (Å²) in [4.78, 5) is 16.2. The van der Waals surface area contributed by atoms with E-state index >= 15 is 0 Å². The molecular weight excluding hydrogens is 420 g/mol. The molecule has 28 heavy (non-hydrogen) atoms. The van der Waals surface area contributed by atoms with Crippen LogP contribution in [0.1, 0.15) is 21.9 Å². The van der Waals surface area contributed by atoms with Gasteiger partial charge in [-0.2, -0.15) is 0 Å². The molecule has 6 heteroatoms. The van der Waals surface area contributed by atoms with Crippen molar-refractivity contribution in [1.29, 1.82) is 0 Å². The minimum Gasteiger partial charge on any atom is -0.463 e. The van der Waals surface area contributed by atoms with Crippen molar-refractivity contribution in [3.05, 3.63) is 88.4 Å². The Kier molecular flexibility index (Phi) is 5.12. The van der Waals surface area contributed by atoms with Crippen LogP contribution in [0, 0.1) is 0 Å². The molecule has 0 amide bonds. The van der Waals surface area contributed by atoms with Gasteiger partial charge in [0.05, 0.1) is 19.3 Å². The summed E-state index contributed by atoms with van der Waals surface area (Å²) >= 11 is 3.52. The third kappa shape index (κ3) is 3.64. The van der Waals surface area contributed by atoms with Gasteiger partial charge in [-0.15, -0.1) is 0 Å². The number of hydrogen-bond acceptors (Lipinski definition) is 4. The first-order chi connectivity index (χ1) is 13.7. The van der Waals surface area contributed by atoms with E-state index in [1.165, 1.54) is 7.11 Å². The molecule has 2 aromatic carbocycles. The van der Waals surface area contributed by atoms with Gasteiger partial charge >= 0.3 is 5.97 Å². The van der Waals surface area contributed by atoms with E-state index < -0.39 is 5.97 Å². The zero-order chi connectivity index (χ0) is 19.5. The summed E-state index contributed by atoms with van der Waals surface area (Å²) in [5, 5.41) is 1.10. The molecule has 0 saturated heterocycles. The van der Waals surface area contributed by atoms with Gasteiger partial charge < -0.3 is 13.7 Å². The molecule has 4 rings (SSSR count). The van der Waals surface area contributed by atoms with Crippen molar-refractivity contribution >= 4 is 44.7 Å². The van der Waals surface area contributed by atoms with Crippen molar-refractivity contribution in [2.24, 2.45) is 4.99 Å². The molecule has 2 aromatic heterocycles. The highest BCUT2D eigenvalue weighted by atomic mass is 79.9. The average molecular weight is 437 g/mol. The number of carbonyl (C=O) groups is 1. The molecular formula is C22H17BrN2O3. The number of furan rings is 1. The average Bonchev–Trinajstić information content (AvgIpc) is 3.32. The predicted molar refractivity (Wildman–Crippen MR) is 112 cm³/mol. The summed E-state index contributed by atoms with van der Waals surface area (Å²) in [7, 11) is 1.33. The molecule has 5 nitrogen and oxygen atoms in total. The van der Waals surface area contributed by atoms with Crippen LogP contribution < -0.4 is 0 Å².